The van der Waals surface area contributed by atoms with Gasteiger partial charge >= 0.3 is 0 Å². The van der Waals surface area contributed by atoms with Gasteiger partial charge in [-0.2, -0.15) is 0 Å². The molecule has 1 amide bonds. The third-order valence-corrected chi connectivity index (χ3v) is 4.04. The van der Waals surface area contributed by atoms with E-state index in [-0.39, 0.29) is 5.91 Å². The van der Waals surface area contributed by atoms with Crippen LogP contribution in [0.3, 0.4) is 0 Å². The van der Waals surface area contributed by atoms with Crippen LogP contribution < -0.4 is 5.32 Å². The molecule has 1 N–H and O–H groups in total. The third-order valence-electron chi connectivity index (χ3n) is 4.04. The summed E-state index contributed by atoms with van der Waals surface area (Å²) in [5, 5.41) is 3.22. The lowest BCUT2D eigenvalue weighted by atomic mass is 9.97. The molecule has 1 aromatic carbocycles. The van der Waals surface area contributed by atoms with Crippen molar-refractivity contribution in [2.24, 2.45) is 5.92 Å². The number of amides is 1. The van der Waals surface area contributed by atoms with Crippen molar-refractivity contribution < 1.29 is 4.79 Å². The Morgan fingerprint density at radius 1 is 1.35 bits per heavy atom. The maximum Gasteiger partial charge on any atom is 0.253 e. The Bertz CT molecular complexity index is 425. The van der Waals surface area contributed by atoms with Gasteiger partial charge in [-0.15, -0.1) is 0 Å². The lowest BCUT2D eigenvalue weighted by molar-refractivity contribution is 0.0674. The van der Waals surface area contributed by atoms with E-state index in [1.807, 2.05) is 24.1 Å². The lowest BCUT2D eigenvalue weighted by Crippen LogP contribution is -2.42. The maximum atomic E-state index is 12.5. The summed E-state index contributed by atoms with van der Waals surface area (Å²) in [6.45, 7) is 4.96. The highest BCUT2D eigenvalue weighted by atomic mass is 16.2. The molecule has 3 heteroatoms. The third kappa shape index (κ3) is 3.83. The van der Waals surface area contributed by atoms with Gasteiger partial charge in [0.05, 0.1) is 0 Å². The van der Waals surface area contributed by atoms with Crippen molar-refractivity contribution in [2.45, 2.75) is 32.6 Å². The summed E-state index contributed by atoms with van der Waals surface area (Å²) in [6, 6.07) is 8.14. The second-order valence-electron chi connectivity index (χ2n) is 5.76. The van der Waals surface area contributed by atoms with Gasteiger partial charge in [0.25, 0.3) is 5.91 Å². The van der Waals surface area contributed by atoms with Crippen molar-refractivity contribution in [1.82, 2.24) is 10.2 Å². The highest BCUT2D eigenvalue weighted by Crippen LogP contribution is 2.18. The molecule has 1 unspecified atom stereocenters. The van der Waals surface area contributed by atoms with Crippen molar-refractivity contribution in [3.63, 3.8) is 0 Å². The van der Waals surface area contributed by atoms with Gasteiger partial charge in [-0.05, 0) is 56.5 Å². The molecule has 1 atom stereocenters. The fourth-order valence-corrected chi connectivity index (χ4v) is 2.99. The summed E-state index contributed by atoms with van der Waals surface area (Å²) in [4.78, 5) is 14.5. The zero-order valence-corrected chi connectivity index (χ0v) is 12.7. The number of rotatable bonds is 5. The first-order chi connectivity index (χ1) is 9.74. The molecule has 0 aliphatic carbocycles. The minimum absolute atomic E-state index is 0.189. The number of nitrogens with one attached hydrogen (secondary N) is 1. The summed E-state index contributed by atoms with van der Waals surface area (Å²) in [7, 11) is 1.98. The monoisotopic (exact) mass is 274 g/mol. The summed E-state index contributed by atoms with van der Waals surface area (Å²) in [6.07, 6.45) is 4.57. The molecule has 3 nitrogen and oxygen atoms in total. The molecule has 2 rings (SSSR count). The summed E-state index contributed by atoms with van der Waals surface area (Å²) < 4.78 is 0. The molecule has 110 valence electrons. The molecule has 1 saturated heterocycles. The van der Waals surface area contributed by atoms with Crippen LogP contribution in [-0.2, 0) is 6.42 Å². The van der Waals surface area contributed by atoms with E-state index in [0.29, 0.717) is 5.92 Å². The number of likely N-dealkylation sites (tertiary alicyclic amines) is 1. The molecule has 1 aliphatic heterocycles. The number of aryl methyl sites for hydroxylation is 1. The molecule has 0 radical (unpaired) electrons. The second kappa shape index (κ2) is 7.44. The highest BCUT2D eigenvalue weighted by Gasteiger charge is 2.23. The normalized spacial score (nSPS) is 19.1. The Morgan fingerprint density at radius 2 is 2.10 bits per heavy atom. The van der Waals surface area contributed by atoms with Crippen molar-refractivity contribution in [3.8, 4) is 0 Å². The van der Waals surface area contributed by atoms with E-state index >= 15 is 0 Å². The van der Waals surface area contributed by atoms with Crippen molar-refractivity contribution in [2.75, 3.05) is 26.7 Å². The van der Waals surface area contributed by atoms with E-state index in [1.54, 1.807) is 0 Å². The van der Waals surface area contributed by atoms with Gasteiger partial charge in [-0.1, -0.05) is 25.5 Å². The lowest BCUT2D eigenvalue weighted by Gasteiger charge is -2.32. The average molecular weight is 274 g/mol. The van der Waals surface area contributed by atoms with Crippen LogP contribution in [-0.4, -0.2) is 37.5 Å². The molecule has 1 aromatic rings. The van der Waals surface area contributed by atoms with Crippen molar-refractivity contribution in [3.05, 3.63) is 35.4 Å². The summed E-state index contributed by atoms with van der Waals surface area (Å²) in [5.41, 5.74) is 2.14. The maximum absolute atomic E-state index is 12.5. The van der Waals surface area contributed by atoms with Gasteiger partial charge in [-0.3, -0.25) is 4.79 Å². The van der Waals surface area contributed by atoms with E-state index in [2.05, 4.69) is 24.4 Å². The van der Waals surface area contributed by atoms with Crippen molar-refractivity contribution in [1.29, 1.82) is 0 Å². The molecule has 1 fully saturated rings. The van der Waals surface area contributed by atoms with Gasteiger partial charge in [0.2, 0.25) is 0 Å². The van der Waals surface area contributed by atoms with Gasteiger partial charge in [0.15, 0.2) is 0 Å². The predicted octanol–water partition coefficient (Wildman–Crippen LogP) is 2.71. The number of nitrogens with zero attached hydrogens (tertiary/aromatic N) is 1. The summed E-state index contributed by atoms with van der Waals surface area (Å²) >= 11 is 0. The van der Waals surface area contributed by atoms with E-state index in [0.717, 1.165) is 44.5 Å². The topological polar surface area (TPSA) is 32.3 Å². The minimum Gasteiger partial charge on any atom is -0.338 e. The number of carbonyl (C=O) groups excluding carboxylic acids is 1. The Balaban J connectivity index is 1.99. The molecule has 1 aliphatic rings. The van der Waals surface area contributed by atoms with Gasteiger partial charge in [-0.25, -0.2) is 0 Å². The molecule has 0 saturated carbocycles. The second-order valence-corrected chi connectivity index (χ2v) is 5.76. The number of benzene rings is 1. The van der Waals surface area contributed by atoms with Gasteiger partial charge in [0.1, 0.15) is 0 Å². The van der Waals surface area contributed by atoms with Crippen LogP contribution in [0.1, 0.15) is 42.1 Å². The fraction of sp³-hybridized carbons (Fsp3) is 0.588. The quantitative estimate of drug-likeness (QED) is 0.895. The van der Waals surface area contributed by atoms with Crippen LogP contribution in [0, 0.1) is 5.92 Å². The average Bonchev–Trinajstić information content (AvgIpc) is 2.48. The Kier molecular flexibility index (Phi) is 5.60. The fourth-order valence-electron chi connectivity index (χ4n) is 2.99. The molecule has 20 heavy (non-hydrogen) atoms. The van der Waals surface area contributed by atoms with Gasteiger partial charge < -0.3 is 10.2 Å². The van der Waals surface area contributed by atoms with Crippen LogP contribution in [0.5, 0.6) is 0 Å². The van der Waals surface area contributed by atoms with Gasteiger partial charge in [0, 0.05) is 18.7 Å². The smallest absolute Gasteiger partial charge is 0.253 e. The number of piperidine rings is 1. The number of hydrogen-bond acceptors (Lipinski definition) is 2. The van der Waals surface area contributed by atoms with E-state index in [4.69, 9.17) is 0 Å². The first-order valence-corrected chi connectivity index (χ1v) is 7.77. The number of hydrogen-bond donors (Lipinski definition) is 1. The summed E-state index contributed by atoms with van der Waals surface area (Å²) in [5.74, 6) is 0.783. The van der Waals surface area contributed by atoms with Crippen LogP contribution in [0.2, 0.25) is 0 Å². The first kappa shape index (κ1) is 15.0. The standard InChI is InChI=1S/C17H26N2O/c1-3-5-14-7-9-16(10-8-14)17(20)19-11-4-6-15(13-19)12-18-2/h7-10,15,18H,3-6,11-13H2,1-2H3. The minimum atomic E-state index is 0.189. The van der Waals surface area contributed by atoms with E-state index in [9.17, 15) is 4.79 Å². The zero-order valence-electron chi connectivity index (χ0n) is 12.7. The van der Waals surface area contributed by atoms with Crippen LogP contribution in [0.15, 0.2) is 24.3 Å². The van der Waals surface area contributed by atoms with Crippen LogP contribution in [0.25, 0.3) is 0 Å². The molecular weight excluding hydrogens is 248 g/mol. The SMILES string of the molecule is CCCc1ccc(C(=O)N2CCCC(CNC)C2)cc1. The molecule has 0 aromatic heterocycles. The Morgan fingerprint density at radius 3 is 2.75 bits per heavy atom. The Hall–Kier alpha value is -1.35. The molecule has 1 heterocycles. The Labute approximate surface area is 122 Å². The van der Waals surface area contributed by atoms with E-state index < -0.39 is 0 Å². The molecule has 0 spiro atoms. The molecular formula is C17H26N2O. The molecule has 0 bridgehead atoms. The predicted molar refractivity (Wildman–Crippen MR) is 83.0 cm³/mol. The van der Waals surface area contributed by atoms with Crippen molar-refractivity contribution >= 4 is 5.91 Å². The van der Waals surface area contributed by atoms with E-state index in [1.165, 1.54) is 12.0 Å². The van der Waals surface area contributed by atoms with Crippen LogP contribution >= 0.6 is 0 Å². The number of carbonyl (C=O) groups is 1. The zero-order chi connectivity index (χ0) is 14.4. The first-order valence-electron chi connectivity index (χ1n) is 7.77. The largest absolute Gasteiger partial charge is 0.338 e. The van der Waals surface area contributed by atoms with Crippen LogP contribution in [0.4, 0.5) is 0 Å². The highest BCUT2D eigenvalue weighted by molar-refractivity contribution is 5.94.